The van der Waals surface area contributed by atoms with Gasteiger partial charge in [-0.15, -0.1) is 12.4 Å². The van der Waals surface area contributed by atoms with Gasteiger partial charge in [0, 0.05) is 24.7 Å². The van der Waals surface area contributed by atoms with Crippen LogP contribution in [-0.2, 0) is 0 Å². The highest BCUT2D eigenvalue weighted by molar-refractivity contribution is 5.93. The Balaban J connectivity index is 0.00000192. The number of aromatic amines is 1. The van der Waals surface area contributed by atoms with Crippen LogP contribution in [0.2, 0.25) is 0 Å². The largest absolute Gasteiger partial charge is 0.337 e. The molecular formula is C17H23ClN4O. The summed E-state index contributed by atoms with van der Waals surface area (Å²) in [6.07, 6.45) is 1.95. The Labute approximate surface area is 142 Å². The monoisotopic (exact) mass is 334 g/mol. The van der Waals surface area contributed by atoms with E-state index in [9.17, 15) is 4.79 Å². The van der Waals surface area contributed by atoms with Crippen LogP contribution in [0.3, 0.4) is 0 Å². The van der Waals surface area contributed by atoms with Crippen molar-refractivity contribution in [3.05, 3.63) is 42.1 Å². The van der Waals surface area contributed by atoms with Crippen molar-refractivity contribution in [3.8, 4) is 11.3 Å². The van der Waals surface area contributed by atoms with Crippen molar-refractivity contribution in [3.63, 3.8) is 0 Å². The number of hydrogen-bond acceptors (Lipinski definition) is 3. The van der Waals surface area contributed by atoms with Crippen LogP contribution < -0.4 is 5.73 Å². The molecule has 1 aliphatic rings. The van der Waals surface area contributed by atoms with E-state index >= 15 is 0 Å². The molecule has 0 bridgehead atoms. The topological polar surface area (TPSA) is 75.0 Å². The van der Waals surface area contributed by atoms with E-state index < -0.39 is 0 Å². The number of amides is 1. The van der Waals surface area contributed by atoms with Gasteiger partial charge in [0.15, 0.2) is 0 Å². The van der Waals surface area contributed by atoms with Crippen LogP contribution in [0.5, 0.6) is 0 Å². The number of aromatic nitrogens is 2. The summed E-state index contributed by atoms with van der Waals surface area (Å²) in [7, 11) is 0. The minimum absolute atomic E-state index is 0. The summed E-state index contributed by atoms with van der Waals surface area (Å²) in [5, 5.41) is 7.12. The molecule has 1 atom stereocenters. The van der Waals surface area contributed by atoms with Crippen molar-refractivity contribution < 1.29 is 4.79 Å². The molecule has 124 valence electrons. The first kappa shape index (κ1) is 17.5. The second-order valence-corrected chi connectivity index (χ2v) is 6.02. The minimum atomic E-state index is 0. The number of carbonyl (C=O) groups excluding carboxylic acids is 1. The second kappa shape index (κ2) is 7.62. The lowest BCUT2D eigenvalue weighted by molar-refractivity contribution is 0.0675. The molecule has 1 amide bonds. The molecule has 0 spiro atoms. The van der Waals surface area contributed by atoms with E-state index in [1.165, 1.54) is 0 Å². The van der Waals surface area contributed by atoms with E-state index in [1.807, 2.05) is 48.2 Å². The van der Waals surface area contributed by atoms with E-state index in [4.69, 9.17) is 5.73 Å². The SMILES string of the molecule is CC(N)C1CCN(C(=O)c2cc(-c3ccccc3)n[nH]2)CC1.Cl. The van der Waals surface area contributed by atoms with Crippen LogP contribution in [0.25, 0.3) is 11.3 Å². The summed E-state index contributed by atoms with van der Waals surface area (Å²) < 4.78 is 0. The molecule has 6 heteroatoms. The van der Waals surface area contributed by atoms with Gasteiger partial charge in [0.1, 0.15) is 5.69 Å². The Morgan fingerprint density at radius 3 is 2.57 bits per heavy atom. The number of carbonyl (C=O) groups is 1. The fourth-order valence-corrected chi connectivity index (χ4v) is 2.99. The smallest absolute Gasteiger partial charge is 0.271 e. The first-order valence-electron chi connectivity index (χ1n) is 7.81. The molecular weight excluding hydrogens is 312 g/mol. The molecule has 23 heavy (non-hydrogen) atoms. The van der Waals surface area contributed by atoms with Crippen LogP contribution in [0.15, 0.2) is 36.4 Å². The summed E-state index contributed by atoms with van der Waals surface area (Å²) in [6, 6.07) is 11.9. The molecule has 1 aromatic heterocycles. The molecule has 1 fully saturated rings. The van der Waals surface area contributed by atoms with Crippen molar-refractivity contribution in [2.75, 3.05) is 13.1 Å². The highest BCUT2D eigenvalue weighted by Crippen LogP contribution is 2.22. The van der Waals surface area contributed by atoms with Gasteiger partial charge in [-0.3, -0.25) is 9.89 Å². The molecule has 1 unspecified atom stereocenters. The second-order valence-electron chi connectivity index (χ2n) is 6.02. The molecule has 3 rings (SSSR count). The predicted molar refractivity (Wildman–Crippen MR) is 93.5 cm³/mol. The minimum Gasteiger partial charge on any atom is -0.337 e. The maximum Gasteiger partial charge on any atom is 0.271 e. The number of H-pyrrole nitrogens is 1. The lowest BCUT2D eigenvalue weighted by atomic mass is 9.91. The lowest BCUT2D eigenvalue weighted by Gasteiger charge is -2.33. The highest BCUT2D eigenvalue weighted by Gasteiger charge is 2.26. The van der Waals surface area contributed by atoms with Crippen molar-refractivity contribution in [2.45, 2.75) is 25.8 Å². The van der Waals surface area contributed by atoms with Gasteiger partial charge in [-0.05, 0) is 31.7 Å². The molecule has 3 N–H and O–H groups in total. The molecule has 1 aromatic carbocycles. The van der Waals surface area contributed by atoms with Crippen LogP contribution in [0.1, 0.15) is 30.3 Å². The average Bonchev–Trinajstić information content (AvgIpc) is 3.05. The third-order valence-corrected chi connectivity index (χ3v) is 4.45. The summed E-state index contributed by atoms with van der Waals surface area (Å²) in [5.41, 5.74) is 8.31. The van der Waals surface area contributed by atoms with Crippen molar-refractivity contribution in [2.24, 2.45) is 11.7 Å². The van der Waals surface area contributed by atoms with Gasteiger partial charge >= 0.3 is 0 Å². The number of halogens is 1. The normalized spacial score (nSPS) is 16.7. The average molecular weight is 335 g/mol. The van der Waals surface area contributed by atoms with Crippen molar-refractivity contribution in [1.29, 1.82) is 0 Å². The standard InChI is InChI=1S/C17H22N4O.ClH/c1-12(18)13-7-9-21(10-8-13)17(22)16-11-15(19-20-16)14-5-3-2-4-6-14;/h2-6,11-13H,7-10,18H2,1H3,(H,19,20);1H. The Morgan fingerprint density at radius 1 is 1.30 bits per heavy atom. The number of nitrogens with two attached hydrogens (primary N) is 1. The van der Waals surface area contributed by atoms with Crippen LogP contribution in [0, 0.1) is 5.92 Å². The molecule has 1 aliphatic heterocycles. The number of nitrogens with zero attached hydrogens (tertiary/aromatic N) is 2. The third-order valence-electron chi connectivity index (χ3n) is 4.45. The first-order valence-corrected chi connectivity index (χ1v) is 7.81. The molecule has 5 nitrogen and oxygen atoms in total. The molecule has 1 saturated heterocycles. The maximum atomic E-state index is 12.5. The fourth-order valence-electron chi connectivity index (χ4n) is 2.99. The number of likely N-dealkylation sites (tertiary alicyclic amines) is 1. The third kappa shape index (κ3) is 3.92. The number of benzene rings is 1. The quantitative estimate of drug-likeness (QED) is 0.906. The van der Waals surface area contributed by atoms with E-state index in [0.717, 1.165) is 37.2 Å². The van der Waals surface area contributed by atoms with Gasteiger partial charge in [-0.25, -0.2) is 0 Å². The van der Waals surface area contributed by atoms with Gasteiger partial charge in [-0.2, -0.15) is 5.10 Å². The highest BCUT2D eigenvalue weighted by atomic mass is 35.5. The maximum absolute atomic E-state index is 12.5. The van der Waals surface area contributed by atoms with E-state index in [-0.39, 0.29) is 24.4 Å². The Hall–Kier alpha value is -1.85. The van der Waals surface area contributed by atoms with Crippen LogP contribution in [-0.4, -0.2) is 40.1 Å². The van der Waals surface area contributed by atoms with Crippen LogP contribution in [0.4, 0.5) is 0 Å². The molecule has 2 aromatic rings. The molecule has 2 heterocycles. The molecule has 0 aliphatic carbocycles. The van der Waals surface area contributed by atoms with E-state index in [2.05, 4.69) is 10.2 Å². The van der Waals surface area contributed by atoms with Crippen molar-refractivity contribution in [1.82, 2.24) is 15.1 Å². The number of hydrogen-bond donors (Lipinski definition) is 2. The van der Waals surface area contributed by atoms with E-state index in [1.54, 1.807) is 0 Å². The summed E-state index contributed by atoms with van der Waals surface area (Å²) in [6.45, 7) is 3.58. The van der Waals surface area contributed by atoms with Crippen LogP contribution >= 0.6 is 12.4 Å². The van der Waals surface area contributed by atoms with Crippen molar-refractivity contribution >= 4 is 18.3 Å². The lowest BCUT2D eigenvalue weighted by Crippen LogP contribution is -2.42. The number of nitrogens with one attached hydrogen (secondary N) is 1. The summed E-state index contributed by atoms with van der Waals surface area (Å²) >= 11 is 0. The summed E-state index contributed by atoms with van der Waals surface area (Å²) in [4.78, 5) is 14.4. The van der Waals surface area contributed by atoms with Gasteiger partial charge in [0.2, 0.25) is 0 Å². The summed E-state index contributed by atoms with van der Waals surface area (Å²) in [5.74, 6) is 0.545. The zero-order valence-electron chi connectivity index (χ0n) is 13.2. The number of piperidine rings is 1. The first-order chi connectivity index (χ1) is 10.6. The Bertz CT molecular complexity index is 633. The van der Waals surface area contributed by atoms with Gasteiger partial charge in [-0.1, -0.05) is 30.3 Å². The Morgan fingerprint density at radius 2 is 1.96 bits per heavy atom. The Kier molecular flexibility index (Phi) is 5.80. The molecule has 0 radical (unpaired) electrons. The van der Waals surface area contributed by atoms with Gasteiger partial charge in [0.05, 0.1) is 5.69 Å². The zero-order chi connectivity index (χ0) is 15.5. The predicted octanol–water partition coefficient (Wildman–Crippen LogP) is 2.70. The molecule has 0 saturated carbocycles. The van der Waals surface area contributed by atoms with Gasteiger partial charge < -0.3 is 10.6 Å². The van der Waals surface area contributed by atoms with E-state index in [0.29, 0.717) is 11.6 Å². The van der Waals surface area contributed by atoms with Gasteiger partial charge in [0.25, 0.3) is 5.91 Å². The number of rotatable bonds is 3. The fraction of sp³-hybridized carbons (Fsp3) is 0.412. The zero-order valence-corrected chi connectivity index (χ0v) is 14.1.